The van der Waals surface area contributed by atoms with Crippen molar-refractivity contribution in [2.45, 2.75) is 32.6 Å². The molecule has 3 rings (SSSR count). The molecule has 0 bridgehead atoms. The zero-order chi connectivity index (χ0) is 16.6. The lowest BCUT2D eigenvalue weighted by atomic mass is 9.94. The van der Waals surface area contributed by atoms with Gasteiger partial charge < -0.3 is 0 Å². The fourth-order valence-electron chi connectivity index (χ4n) is 2.93. The van der Waals surface area contributed by atoms with Crippen molar-refractivity contribution in [1.82, 2.24) is 4.90 Å². The summed E-state index contributed by atoms with van der Waals surface area (Å²) < 4.78 is 0.821. The van der Waals surface area contributed by atoms with E-state index < -0.39 is 17.7 Å². The Kier molecular flexibility index (Phi) is 4.31. The molecular formula is C18H16BrNO3. The summed E-state index contributed by atoms with van der Waals surface area (Å²) in [6.07, 6.45) is 2.78. The smallest absolute Gasteiger partial charge is 0.268 e. The van der Waals surface area contributed by atoms with E-state index in [1.165, 1.54) is 0 Å². The zero-order valence-corrected chi connectivity index (χ0v) is 14.4. The molecule has 0 unspecified atom stereocenters. The van der Waals surface area contributed by atoms with E-state index >= 15 is 0 Å². The van der Waals surface area contributed by atoms with Crippen LogP contribution in [-0.4, -0.2) is 22.6 Å². The normalized spacial score (nSPS) is 13.7. The van der Waals surface area contributed by atoms with E-state index in [9.17, 15) is 14.4 Å². The fraction of sp³-hybridized carbons (Fsp3) is 0.278. The number of benzene rings is 2. The highest BCUT2D eigenvalue weighted by atomic mass is 79.9. The molecule has 0 saturated heterocycles. The quantitative estimate of drug-likeness (QED) is 0.592. The fourth-order valence-corrected chi connectivity index (χ4v) is 3.39. The van der Waals surface area contributed by atoms with Crippen LogP contribution in [0.1, 0.15) is 53.3 Å². The molecule has 5 heteroatoms. The lowest BCUT2D eigenvalue weighted by molar-refractivity contribution is -0.126. The maximum absolute atomic E-state index is 12.7. The van der Waals surface area contributed by atoms with E-state index in [1.807, 2.05) is 13.0 Å². The first-order valence-corrected chi connectivity index (χ1v) is 8.48. The molecule has 3 amide bonds. The van der Waals surface area contributed by atoms with Crippen LogP contribution >= 0.6 is 15.9 Å². The van der Waals surface area contributed by atoms with E-state index in [1.54, 1.807) is 24.3 Å². The summed E-state index contributed by atoms with van der Waals surface area (Å²) >= 11 is 3.44. The molecule has 0 fully saturated rings. The van der Waals surface area contributed by atoms with Gasteiger partial charge in [0.1, 0.15) is 0 Å². The van der Waals surface area contributed by atoms with Gasteiger partial charge in [-0.15, -0.1) is 0 Å². The average molecular weight is 374 g/mol. The van der Waals surface area contributed by atoms with Crippen molar-refractivity contribution in [2.75, 3.05) is 0 Å². The summed E-state index contributed by atoms with van der Waals surface area (Å²) in [5.74, 6) is -1.46. The van der Waals surface area contributed by atoms with Crippen molar-refractivity contribution >= 4 is 44.4 Å². The lowest BCUT2D eigenvalue weighted by Crippen LogP contribution is -2.44. The van der Waals surface area contributed by atoms with Gasteiger partial charge in [-0.1, -0.05) is 47.8 Å². The van der Waals surface area contributed by atoms with Gasteiger partial charge in [-0.25, -0.2) is 4.90 Å². The van der Waals surface area contributed by atoms with Crippen LogP contribution in [-0.2, 0) is 4.79 Å². The first-order valence-electron chi connectivity index (χ1n) is 7.69. The van der Waals surface area contributed by atoms with Crippen LogP contribution in [0.3, 0.4) is 0 Å². The van der Waals surface area contributed by atoms with Gasteiger partial charge in [0.15, 0.2) is 0 Å². The lowest BCUT2D eigenvalue weighted by Gasteiger charge is -2.26. The first kappa shape index (κ1) is 15.9. The summed E-state index contributed by atoms with van der Waals surface area (Å²) in [4.78, 5) is 38.5. The van der Waals surface area contributed by atoms with Crippen molar-refractivity contribution in [2.24, 2.45) is 0 Å². The van der Waals surface area contributed by atoms with E-state index in [2.05, 4.69) is 15.9 Å². The monoisotopic (exact) mass is 373 g/mol. The second-order valence-corrected chi connectivity index (χ2v) is 6.47. The van der Waals surface area contributed by atoms with Gasteiger partial charge in [0.05, 0.1) is 0 Å². The van der Waals surface area contributed by atoms with Crippen molar-refractivity contribution in [1.29, 1.82) is 0 Å². The van der Waals surface area contributed by atoms with E-state index in [0.717, 1.165) is 27.6 Å². The largest absolute Gasteiger partial charge is 0.274 e. The van der Waals surface area contributed by atoms with Crippen LogP contribution < -0.4 is 0 Å². The Morgan fingerprint density at radius 1 is 1.04 bits per heavy atom. The second kappa shape index (κ2) is 6.24. The standard InChI is InChI=1S/C18H16BrNO3/c1-2-3-4-8-15(21)20-17(22)12-7-5-6-11-14(19)10-9-13(16(11)12)18(20)23/h5-7,9-10H,2-4,8H2,1H3. The number of carbonyl (C=O) groups is 3. The predicted octanol–water partition coefficient (Wildman–Crippen LogP) is 4.31. The summed E-state index contributed by atoms with van der Waals surface area (Å²) in [6.45, 7) is 2.04. The Bertz CT molecular complexity index is 806. The molecule has 0 radical (unpaired) electrons. The number of unbranched alkanes of at least 4 members (excludes halogenated alkanes) is 2. The molecule has 0 saturated carbocycles. The third kappa shape index (κ3) is 2.59. The predicted molar refractivity (Wildman–Crippen MR) is 91.3 cm³/mol. The van der Waals surface area contributed by atoms with Crippen molar-refractivity contribution in [3.63, 3.8) is 0 Å². The maximum atomic E-state index is 12.7. The molecule has 2 aromatic carbocycles. The molecule has 0 aliphatic carbocycles. The van der Waals surface area contributed by atoms with Crippen molar-refractivity contribution in [3.8, 4) is 0 Å². The molecule has 1 aliphatic rings. The third-order valence-corrected chi connectivity index (χ3v) is 4.79. The number of hydrogen-bond acceptors (Lipinski definition) is 3. The number of carbonyl (C=O) groups excluding carboxylic acids is 3. The topological polar surface area (TPSA) is 54.5 Å². The number of rotatable bonds is 4. The van der Waals surface area contributed by atoms with Gasteiger partial charge in [-0.05, 0) is 30.0 Å². The van der Waals surface area contributed by atoms with Gasteiger partial charge in [0.25, 0.3) is 11.8 Å². The Morgan fingerprint density at radius 2 is 1.74 bits per heavy atom. The summed E-state index contributed by atoms with van der Waals surface area (Å²) in [6, 6.07) is 8.72. The van der Waals surface area contributed by atoms with Crippen LogP contribution in [0.5, 0.6) is 0 Å². The Morgan fingerprint density at radius 3 is 2.43 bits per heavy atom. The van der Waals surface area contributed by atoms with Gasteiger partial charge in [-0.2, -0.15) is 0 Å². The first-order chi connectivity index (χ1) is 11.1. The third-order valence-electron chi connectivity index (χ3n) is 4.10. The highest BCUT2D eigenvalue weighted by molar-refractivity contribution is 9.10. The zero-order valence-electron chi connectivity index (χ0n) is 12.8. The molecule has 0 spiro atoms. The Labute approximate surface area is 142 Å². The molecule has 2 aromatic rings. The molecule has 0 atom stereocenters. The Balaban J connectivity index is 2.06. The summed E-state index contributed by atoms with van der Waals surface area (Å²) in [5, 5.41) is 1.43. The molecule has 0 aromatic heterocycles. The maximum Gasteiger partial charge on any atom is 0.268 e. The second-order valence-electron chi connectivity index (χ2n) is 5.62. The minimum atomic E-state index is -0.521. The summed E-state index contributed by atoms with van der Waals surface area (Å²) in [7, 11) is 0. The SMILES string of the molecule is CCCCCC(=O)N1C(=O)c2cccc3c(Br)ccc(c23)C1=O. The minimum absolute atomic E-state index is 0.215. The molecule has 0 N–H and O–H groups in total. The van der Waals surface area contributed by atoms with Crippen LogP contribution in [0.15, 0.2) is 34.8 Å². The van der Waals surface area contributed by atoms with E-state index in [0.29, 0.717) is 22.9 Å². The molecule has 1 aliphatic heterocycles. The Hall–Kier alpha value is -2.01. The molecule has 118 valence electrons. The molecule has 1 heterocycles. The summed E-state index contributed by atoms with van der Waals surface area (Å²) in [5.41, 5.74) is 0.810. The van der Waals surface area contributed by atoms with Gasteiger partial charge in [0.2, 0.25) is 5.91 Å². The van der Waals surface area contributed by atoms with Crippen LogP contribution in [0.2, 0.25) is 0 Å². The van der Waals surface area contributed by atoms with Gasteiger partial charge in [0, 0.05) is 27.4 Å². The molecule has 23 heavy (non-hydrogen) atoms. The van der Waals surface area contributed by atoms with E-state index in [4.69, 9.17) is 0 Å². The van der Waals surface area contributed by atoms with Gasteiger partial charge >= 0.3 is 0 Å². The minimum Gasteiger partial charge on any atom is -0.274 e. The number of imide groups is 3. The number of amides is 3. The molecular weight excluding hydrogens is 358 g/mol. The van der Waals surface area contributed by atoms with Crippen molar-refractivity contribution in [3.05, 3.63) is 45.9 Å². The van der Waals surface area contributed by atoms with Crippen molar-refractivity contribution < 1.29 is 14.4 Å². The number of hydrogen-bond donors (Lipinski definition) is 0. The van der Waals surface area contributed by atoms with Crippen LogP contribution in [0.25, 0.3) is 10.8 Å². The molecule has 4 nitrogen and oxygen atoms in total. The highest BCUT2D eigenvalue weighted by Gasteiger charge is 2.36. The van der Waals surface area contributed by atoms with Gasteiger partial charge in [-0.3, -0.25) is 14.4 Å². The number of nitrogens with zero attached hydrogens (tertiary/aromatic N) is 1. The van der Waals surface area contributed by atoms with Crippen LogP contribution in [0.4, 0.5) is 0 Å². The average Bonchev–Trinajstić information content (AvgIpc) is 2.54. The number of halogens is 1. The van der Waals surface area contributed by atoms with E-state index in [-0.39, 0.29) is 6.42 Å². The van der Waals surface area contributed by atoms with Crippen LogP contribution in [0, 0.1) is 0 Å². The highest BCUT2D eigenvalue weighted by Crippen LogP contribution is 2.34.